The maximum atomic E-state index is 12.8. The zero-order valence-electron chi connectivity index (χ0n) is 16.8. The molecule has 0 aliphatic rings. The number of ether oxygens (including phenoxy) is 1. The van der Waals surface area contributed by atoms with Crippen molar-refractivity contribution in [3.63, 3.8) is 0 Å². The minimum atomic E-state index is -4.85. The Morgan fingerprint density at radius 3 is 2.16 bits per heavy atom. The first-order chi connectivity index (χ1) is 15.1. The van der Waals surface area contributed by atoms with Crippen LogP contribution in [0.4, 0.5) is 18.9 Å². The van der Waals surface area contributed by atoms with Crippen LogP contribution in [-0.2, 0) is 16.6 Å². The van der Waals surface area contributed by atoms with Crippen LogP contribution >= 0.6 is 0 Å². The van der Waals surface area contributed by atoms with Crippen molar-refractivity contribution in [1.29, 1.82) is 0 Å². The van der Waals surface area contributed by atoms with E-state index in [2.05, 4.69) is 10.1 Å². The molecule has 0 atom stereocenters. The van der Waals surface area contributed by atoms with Crippen molar-refractivity contribution in [2.45, 2.75) is 17.8 Å². The number of nitrogens with zero attached hydrogens (tertiary/aromatic N) is 1. The normalized spacial score (nSPS) is 11.6. The van der Waals surface area contributed by atoms with Crippen LogP contribution in [0.15, 0.2) is 83.8 Å². The van der Waals surface area contributed by atoms with Crippen LogP contribution in [0.2, 0.25) is 0 Å². The fraction of sp³-hybridized carbons (Fsp3) is 0.136. The molecule has 0 fully saturated rings. The van der Waals surface area contributed by atoms with Gasteiger partial charge in [-0.2, -0.15) is 0 Å². The minimum absolute atomic E-state index is 0.00988. The van der Waals surface area contributed by atoms with Crippen LogP contribution in [0.5, 0.6) is 5.75 Å². The van der Waals surface area contributed by atoms with Gasteiger partial charge >= 0.3 is 6.36 Å². The highest BCUT2D eigenvalue weighted by Gasteiger charge is 2.32. The van der Waals surface area contributed by atoms with Gasteiger partial charge in [0.15, 0.2) is 0 Å². The number of nitrogens with one attached hydrogen (secondary N) is 1. The van der Waals surface area contributed by atoms with Crippen LogP contribution in [0, 0.1) is 0 Å². The molecule has 0 bridgehead atoms. The third-order valence-electron chi connectivity index (χ3n) is 4.53. The Kier molecular flexibility index (Phi) is 6.73. The van der Waals surface area contributed by atoms with Gasteiger partial charge in [-0.15, -0.1) is 13.2 Å². The van der Waals surface area contributed by atoms with Crippen LogP contribution in [0.25, 0.3) is 0 Å². The SMILES string of the molecule is CN(c1ccccc1)S(=O)(=O)c1ccc(C(=O)NCc2ccccc2OC(F)(F)F)cc1. The zero-order valence-corrected chi connectivity index (χ0v) is 17.7. The molecule has 1 amide bonds. The summed E-state index contributed by atoms with van der Waals surface area (Å²) in [5.41, 5.74) is 0.774. The van der Waals surface area contributed by atoms with Crippen molar-refractivity contribution in [2.24, 2.45) is 0 Å². The second kappa shape index (κ2) is 9.31. The summed E-state index contributed by atoms with van der Waals surface area (Å²) in [4.78, 5) is 12.4. The first-order valence-electron chi connectivity index (χ1n) is 9.34. The number of benzene rings is 3. The molecular weight excluding hydrogens is 445 g/mol. The highest BCUT2D eigenvalue weighted by molar-refractivity contribution is 7.92. The number of rotatable bonds is 7. The van der Waals surface area contributed by atoms with E-state index in [0.29, 0.717) is 5.69 Å². The number of para-hydroxylation sites is 2. The average Bonchev–Trinajstić information content (AvgIpc) is 2.77. The lowest BCUT2D eigenvalue weighted by molar-refractivity contribution is -0.274. The number of sulfonamides is 1. The van der Waals surface area contributed by atoms with Crippen LogP contribution in [-0.4, -0.2) is 27.7 Å². The fourth-order valence-corrected chi connectivity index (χ4v) is 4.06. The third kappa shape index (κ3) is 5.58. The maximum absolute atomic E-state index is 12.8. The molecule has 0 unspecified atom stereocenters. The lowest BCUT2D eigenvalue weighted by Crippen LogP contribution is -2.27. The quantitative estimate of drug-likeness (QED) is 0.565. The van der Waals surface area contributed by atoms with E-state index in [1.807, 2.05) is 0 Å². The van der Waals surface area contributed by atoms with Crippen LogP contribution in [0.1, 0.15) is 15.9 Å². The summed E-state index contributed by atoms with van der Waals surface area (Å²) < 4.78 is 68.2. The largest absolute Gasteiger partial charge is 0.573 e. The van der Waals surface area contributed by atoms with E-state index in [-0.39, 0.29) is 22.6 Å². The number of anilines is 1. The monoisotopic (exact) mass is 464 g/mol. The molecule has 0 aliphatic carbocycles. The fourth-order valence-electron chi connectivity index (χ4n) is 2.86. The standard InChI is InChI=1S/C22H19F3N2O4S/c1-27(18-8-3-2-4-9-18)32(29,30)19-13-11-16(12-14-19)21(28)26-15-17-7-5-6-10-20(17)31-22(23,24)25/h2-14H,15H2,1H3,(H,26,28). The van der Waals surface area contributed by atoms with Gasteiger partial charge in [-0.05, 0) is 42.5 Å². The first kappa shape index (κ1) is 23.1. The lowest BCUT2D eigenvalue weighted by Gasteiger charge is -2.19. The number of hydrogen-bond donors (Lipinski definition) is 1. The van der Waals surface area contributed by atoms with E-state index in [4.69, 9.17) is 0 Å². The van der Waals surface area contributed by atoms with Gasteiger partial charge in [0, 0.05) is 24.7 Å². The zero-order chi connectivity index (χ0) is 23.4. The molecule has 3 aromatic rings. The van der Waals surface area contributed by atoms with Crippen LogP contribution < -0.4 is 14.4 Å². The van der Waals surface area contributed by atoms with E-state index in [1.54, 1.807) is 30.3 Å². The Morgan fingerprint density at radius 2 is 1.53 bits per heavy atom. The number of amides is 1. The molecule has 10 heteroatoms. The van der Waals surface area contributed by atoms with Crippen molar-refractivity contribution < 1.29 is 31.1 Å². The molecule has 0 spiro atoms. The molecule has 0 aromatic heterocycles. The summed E-state index contributed by atoms with van der Waals surface area (Å²) in [6.45, 7) is -0.206. The van der Waals surface area contributed by atoms with Gasteiger partial charge in [-0.1, -0.05) is 36.4 Å². The van der Waals surface area contributed by atoms with Crippen molar-refractivity contribution in [3.8, 4) is 5.75 Å². The molecule has 3 rings (SSSR count). The molecule has 1 N–H and O–H groups in total. The number of halogens is 3. The number of alkyl halides is 3. The van der Waals surface area contributed by atoms with Gasteiger partial charge in [0.25, 0.3) is 15.9 Å². The van der Waals surface area contributed by atoms with E-state index in [9.17, 15) is 26.4 Å². The number of hydrogen-bond acceptors (Lipinski definition) is 4. The van der Waals surface area contributed by atoms with Crippen LogP contribution in [0.3, 0.4) is 0 Å². The molecule has 168 valence electrons. The van der Waals surface area contributed by atoms with Gasteiger partial charge in [0.05, 0.1) is 10.6 Å². The highest BCUT2D eigenvalue weighted by Crippen LogP contribution is 2.26. The Hall–Kier alpha value is -3.53. The highest BCUT2D eigenvalue weighted by atomic mass is 32.2. The van der Waals surface area contributed by atoms with E-state index < -0.39 is 28.0 Å². The van der Waals surface area contributed by atoms with Crippen molar-refractivity contribution in [2.75, 3.05) is 11.4 Å². The number of carbonyl (C=O) groups is 1. The number of carbonyl (C=O) groups excluding carboxylic acids is 1. The smallest absolute Gasteiger partial charge is 0.405 e. The topological polar surface area (TPSA) is 75.7 Å². The second-order valence-electron chi connectivity index (χ2n) is 6.67. The molecule has 0 saturated carbocycles. The van der Waals surface area contributed by atoms with E-state index >= 15 is 0 Å². The van der Waals surface area contributed by atoms with Gasteiger partial charge in [0.1, 0.15) is 5.75 Å². The van der Waals surface area contributed by atoms with Crippen molar-refractivity contribution in [1.82, 2.24) is 5.32 Å². The van der Waals surface area contributed by atoms with Gasteiger partial charge in [-0.25, -0.2) is 8.42 Å². The summed E-state index contributed by atoms with van der Waals surface area (Å²) in [6, 6.07) is 19.2. The Labute approximate surface area is 183 Å². The van der Waals surface area contributed by atoms with Gasteiger partial charge < -0.3 is 10.1 Å². The third-order valence-corrected chi connectivity index (χ3v) is 6.33. The molecule has 32 heavy (non-hydrogen) atoms. The maximum Gasteiger partial charge on any atom is 0.573 e. The Morgan fingerprint density at radius 1 is 0.938 bits per heavy atom. The summed E-state index contributed by atoms with van der Waals surface area (Å²) >= 11 is 0. The molecule has 6 nitrogen and oxygen atoms in total. The molecule has 0 aliphatic heterocycles. The predicted molar refractivity (Wildman–Crippen MR) is 113 cm³/mol. The molecule has 0 heterocycles. The molecule has 0 radical (unpaired) electrons. The minimum Gasteiger partial charge on any atom is -0.405 e. The van der Waals surface area contributed by atoms with Gasteiger partial charge in [-0.3, -0.25) is 9.10 Å². The molecule has 0 saturated heterocycles. The Balaban J connectivity index is 1.70. The van der Waals surface area contributed by atoms with Crippen molar-refractivity contribution in [3.05, 3.63) is 90.0 Å². The molecule has 3 aromatic carbocycles. The van der Waals surface area contributed by atoms with E-state index in [0.717, 1.165) is 10.4 Å². The van der Waals surface area contributed by atoms with Gasteiger partial charge in [0.2, 0.25) is 0 Å². The lowest BCUT2D eigenvalue weighted by atomic mass is 10.2. The summed E-state index contributed by atoms with van der Waals surface area (Å²) in [6.07, 6.45) is -4.85. The second-order valence-corrected chi connectivity index (χ2v) is 8.64. The van der Waals surface area contributed by atoms with E-state index in [1.165, 1.54) is 49.5 Å². The summed E-state index contributed by atoms with van der Waals surface area (Å²) in [5, 5.41) is 2.50. The summed E-state index contributed by atoms with van der Waals surface area (Å²) in [7, 11) is -2.41. The average molecular weight is 464 g/mol. The predicted octanol–water partition coefficient (Wildman–Crippen LogP) is 4.34. The molecular formula is C22H19F3N2O4S. The first-order valence-corrected chi connectivity index (χ1v) is 10.8. The Bertz CT molecular complexity index is 1180. The summed E-state index contributed by atoms with van der Waals surface area (Å²) in [5.74, 6) is -0.988. The van der Waals surface area contributed by atoms with Crippen molar-refractivity contribution >= 4 is 21.6 Å².